The first-order valence-corrected chi connectivity index (χ1v) is 7.94. The van der Waals surface area contributed by atoms with E-state index in [0.717, 1.165) is 12.1 Å². The molecule has 0 bridgehead atoms. The van der Waals surface area contributed by atoms with Gasteiger partial charge < -0.3 is 16.6 Å². The summed E-state index contributed by atoms with van der Waals surface area (Å²) < 4.78 is 0. The minimum atomic E-state index is -0.735. The highest BCUT2D eigenvalue weighted by atomic mass is 32.1. The lowest BCUT2D eigenvalue weighted by Crippen LogP contribution is -2.40. The van der Waals surface area contributed by atoms with Crippen molar-refractivity contribution in [3.8, 4) is 0 Å². The molecular weight excluding hydrogens is 274 g/mol. The molecule has 0 spiro atoms. The van der Waals surface area contributed by atoms with E-state index in [1.165, 1.54) is 11.3 Å². The zero-order valence-electron chi connectivity index (χ0n) is 12.2. The maximum Gasteiger partial charge on any atom is 0.220 e. The van der Waals surface area contributed by atoms with Crippen LogP contribution in [0.4, 0.5) is 0 Å². The summed E-state index contributed by atoms with van der Waals surface area (Å²) >= 11 is 1.50. The van der Waals surface area contributed by atoms with Crippen LogP contribution in [-0.4, -0.2) is 28.1 Å². The van der Waals surface area contributed by atoms with E-state index in [1.807, 2.05) is 5.38 Å². The van der Waals surface area contributed by atoms with Crippen LogP contribution >= 0.6 is 11.3 Å². The molecule has 3 atom stereocenters. The number of aliphatic hydroxyl groups excluding tert-OH is 1. The predicted molar refractivity (Wildman–Crippen MR) is 81.2 cm³/mol. The quantitative estimate of drug-likeness (QED) is 0.639. The lowest BCUT2D eigenvalue weighted by atomic mass is 9.89. The van der Waals surface area contributed by atoms with Crippen molar-refractivity contribution in [2.45, 2.75) is 51.7 Å². The van der Waals surface area contributed by atoms with Gasteiger partial charge in [0.2, 0.25) is 5.91 Å². The molecule has 0 fully saturated rings. The third-order valence-corrected chi connectivity index (χ3v) is 4.08. The third-order valence-electron chi connectivity index (χ3n) is 3.44. The average Bonchev–Trinajstić information content (AvgIpc) is 2.86. The van der Waals surface area contributed by atoms with Crippen LogP contribution in [0.2, 0.25) is 0 Å². The summed E-state index contributed by atoms with van der Waals surface area (Å²) in [4.78, 5) is 15.6. The van der Waals surface area contributed by atoms with Crippen molar-refractivity contribution in [2.24, 2.45) is 23.3 Å². The van der Waals surface area contributed by atoms with Gasteiger partial charge in [-0.25, -0.2) is 4.98 Å². The Hall–Kier alpha value is -0.980. The molecule has 0 saturated carbocycles. The van der Waals surface area contributed by atoms with Gasteiger partial charge in [-0.3, -0.25) is 4.79 Å². The van der Waals surface area contributed by atoms with E-state index < -0.39 is 12.1 Å². The minimum absolute atomic E-state index is 0.311. The van der Waals surface area contributed by atoms with E-state index in [-0.39, 0.29) is 11.8 Å². The number of primary amides is 1. The number of amides is 1. The van der Waals surface area contributed by atoms with Crippen LogP contribution in [0, 0.1) is 11.8 Å². The number of hydrogen-bond acceptors (Lipinski definition) is 5. The highest BCUT2D eigenvalue weighted by molar-refractivity contribution is 7.07. The van der Waals surface area contributed by atoms with Gasteiger partial charge in [0.1, 0.15) is 0 Å². The molecule has 6 heteroatoms. The van der Waals surface area contributed by atoms with E-state index in [4.69, 9.17) is 11.5 Å². The van der Waals surface area contributed by atoms with Crippen LogP contribution < -0.4 is 11.5 Å². The molecule has 0 aliphatic rings. The van der Waals surface area contributed by atoms with E-state index in [1.54, 1.807) is 5.51 Å². The Morgan fingerprint density at radius 2 is 2.15 bits per heavy atom. The van der Waals surface area contributed by atoms with Gasteiger partial charge in [-0.05, 0) is 18.8 Å². The molecule has 1 heterocycles. The Balaban J connectivity index is 2.47. The highest BCUT2D eigenvalue weighted by Gasteiger charge is 2.24. The van der Waals surface area contributed by atoms with Crippen molar-refractivity contribution < 1.29 is 9.90 Å². The second kappa shape index (κ2) is 8.34. The Kier molecular flexibility index (Phi) is 7.12. The fraction of sp³-hybridized carbons (Fsp3) is 0.714. The van der Waals surface area contributed by atoms with E-state index >= 15 is 0 Å². The molecule has 1 amide bonds. The Labute approximate surface area is 124 Å². The topological polar surface area (TPSA) is 102 Å². The van der Waals surface area contributed by atoms with Crippen LogP contribution in [0.25, 0.3) is 0 Å². The standard InChI is InChI=1S/C14H25N3O2S/c1-9(2)3-4-10(14(16)19)5-13(18)12(15)6-11-7-20-8-17-11/h7-10,12-13,18H,3-6,15H2,1-2H3,(H2,16,19)/t10-,12+,13+/m1/s1. The van der Waals surface area contributed by atoms with Crippen LogP contribution in [0.5, 0.6) is 0 Å². The number of nitrogens with zero attached hydrogens (tertiary/aromatic N) is 1. The Bertz CT molecular complexity index is 395. The van der Waals surface area contributed by atoms with E-state index in [0.29, 0.717) is 25.2 Å². The van der Waals surface area contributed by atoms with Gasteiger partial charge in [-0.2, -0.15) is 0 Å². The molecule has 0 radical (unpaired) electrons. The number of thiazole rings is 1. The van der Waals surface area contributed by atoms with Crippen LogP contribution in [0.15, 0.2) is 10.9 Å². The van der Waals surface area contributed by atoms with Gasteiger partial charge in [0, 0.05) is 23.8 Å². The maximum atomic E-state index is 11.4. The third kappa shape index (κ3) is 5.98. The molecule has 1 aromatic heterocycles. The molecule has 5 nitrogen and oxygen atoms in total. The van der Waals surface area contributed by atoms with Crippen LogP contribution in [0.1, 0.15) is 38.8 Å². The fourth-order valence-electron chi connectivity index (χ4n) is 2.09. The molecule has 0 aliphatic heterocycles. The van der Waals surface area contributed by atoms with Crippen molar-refractivity contribution in [3.05, 3.63) is 16.6 Å². The zero-order valence-corrected chi connectivity index (χ0v) is 13.0. The number of aromatic nitrogens is 1. The van der Waals surface area contributed by atoms with Gasteiger partial charge in [0.15, 0.2) is 0 Å². The van der Waals surface area contributed by atoms with Gasteiger partial charge in [0.25, 0.3) is 0 Å². The number of rotatable bonds is 9. The first-order chi connectivity index (χ1) is 9.40. The van der Waals surface area contributed by atoms with Gasteiger partial charge >= 0.3 is 0 Å². The lowest BCUT2D eigenvalue weighted by Gasteiger charge is -2.22. The lowest BCUT2D eigenvalue weighted by molar-refractivity contribution is -0.123. The van der Waals surface area contributed by atoms with Gasteiger partial charge in [-0.15, -0.1) is 11.3 Å². The fourth-order valence-corrected chi connectivity index (χ4v) is 2.66. The first-order valence-electron chi connectivity index (χ1n) is 7.00. The number of hydrogen-bond donors (Lipinski definition) is 3. The molecular formula is C14H25N3O2S. The molecule has 1 rings (SSSR count). The molecule has 0 saturated heterocycles. The largest absolute Gasteiger partial charge is 0.391 e. The summed E-state index contributed by atoms with van der Waals surface area (Å²) in [6.45, 7) is 4.20. The maximum absolute atomic E-state index is 11.4. The SMILES string of the molecule is CC(C)CC[C@H](C[C@H](O)[C@@H](N)Cc1cscn1)C(N)=O. The second-order valence-corrected chi connectivity index (χ2v) is 6.44. The predicted octanol–water partition coefficient (Wildman–Crippen LogP) is 1.30. The summed E-state index contributed by atoms with van der Waals surface area (Å²) in [6.07, 6.45) is 1.73. The van der Waals surface area contributed by atoms with Crippen molar-refractivity contribution in [3.63, 3.8) is 0 Å². The molecule has 114 valence electrons. The highest BCUT2D eigenvalue weighted by Crippen LogP contribution is 2.19. The first kappa shape index (κ1) is 17.1. The van der Waals surface area contributed by atoms with Gasteiger partial charge in [-0.1, -0.05) is 20.3 Å². The molecule has 20 heavy (non-hydrogen) atoms. The van der Waals surface area contributed by atoms with Crippen molar-refractivity contribution in [1.29, 1.82) is 0 Å². The summed E-state index contributed by atoms with van der Waals surface area (Å²) in [6, 6.07) is -0.419. The smallest absolute Gasteiger partial charge is 0.220 e. The molecule has 5 N–H and O–H groups in total. The Morgan fingerprint density at radius 1 is 1.45 bits per heavy atom. The van der Waals surface area contributed by atoms with Crippen molar-refractivity contribution in [1.82, 2.24) is 4.98 Å². The minimum Gasteiger partial charge on any atom is -0.391 e. The summed E-state index contributed by atoms with van der Waals surface area (Å²) in [7, 11) is 0. The van der Waals surface area contributed by atoms with Crippen molar-refractivity contribution in [2.75, 3.05) is 0 Å². The van der Waals surface area contributed by atoms with E-state index in [9.17, 15) is 9.90 Å². The second-order valence-electron chi connectivity index (χ2n) is 5.72. The monoisotopic (exact) mass is 299 g/mol. The van der Waals surface area contributed by atoms with Gasteiger partial charge in [0.05, 0.1) is 17.3 Å². The summed E-state index contributed by atoms with van der Waals surface area (Å²) in [5.41, 5.74) is 14.0. The molecule has 0 unspecified atom stereocenters. The van der Waals surface area contributed by atoms with Crippen molar-refractivity contribution >= 4 is 17.2 Å². The van der Waals surface area contributed by atoms with E-state index in [2.05, 4.69) is 18.8 Å². The Morgan fingerprint density at radius 3 is 2.65 bits per heavy atom. The zero-order chi connectivity index (χ0) is 15.1. The van der Waals surface area contributed by atoms with Crippen LogP contribution in [-0.2, 0) is 11.2 Å². The summed E-state index contributed by atoms with van der Waals surface area (Å²) in [5.74, 6) is -0.155. The molecule has 0 aromatic carbocycles. The van der Waals surface area contributed by atoms with Crippen LogP contribution in [0.3, 0.4) is 0 Å². The number of aliphatic hydroxyl groups is 1. The average molecular weight is 299 g/mol. The normalized spacial score (nSPS) is 16.1. The summed E-state index contributed by atoms with van der Waals surface area (Å²) in [5, 5.41) is 12.1. The molecule has 1 aromatic rings. The molecule has 0 aliphatic carbocycles. The number of carbonyl (C=O) groups is 1. The number of nitrogens with two attached hydrogens (primary N) is 2. The number of carbonyl (C=O) groups excluding carboxylic acids is 1.